The molecule has 0 aliphatic rings. The standard InChI is InChI=1S/C16H15N3O2/c1-12(13-6-8-18-9-7-13)19-16(20)11-21-15-5-3-2-4-14(15)10-17/h2-9,12H,11H2,1H3,(H,19,20)/t12-/m1/s1. The second-order valence-electron chi connectivity index (χ2n) is 4.47. The molecule has 1 amide bonds. The number of hydrogen-bond acceptors (Lipinski definition) is 4. The Kier molecular flexibility index (Phi) is 4.89. The summed E-state index contributed by atoms with van der Waals surface area (Å²) in [7, 11) is 0. The summed E-state index contributed by atoms with van der Waals surface area (Å²) < 4.78 is 5.38. The van der Waals surface area contributed by atoms with E-state index in [1.807, 2.05) is 25.1 Å². The van der Waals surface area contributed by atoms with Gasteiger partial charge in [0, 0.05) is 12.4 Å². The molecule has 5 nitrogen and oxygen atoms in total. The fourth-order valence-electron chi connectivity index (χ4n) is 1.85. The van der Waals surface area contributed by atoms with Gasteiger partial charge in [0.1, 0.15) is 11.8 Å². The van der Waals surface area contributed by atoms with Gasteiger partial charge in [-0.3, -0.25) is 9.78 Å². The van der Waals surface area contributed by atoms with Crippen molar-refractivity contribution in [3.63, 3.8) is 0 Å². The molecule has 106 valence electrons. The van der Waals surface area contributed by atoms with Crippen LogP contribution >= 0.6 is 0 Å². The Morgan fingerprint density at radius 2 is 2.05 bits per heavy atom. The van der Waals surface area contributed by atoms with Gasteiger partial charge in [-0.1, -0.05) is 12.1 Å². The zero-order valence-electron chi connectivity index (χ0n) is 11.6. The molecule has 0 aliphatic heterocycles. The van der Waals surface area contributed by atoms with Gasteiger partial charge in [-0.25, -0.2) is 0 Å². The summed E-state index contributed by atoms with van der Waals surface area (Å²) in [4.78, 5) is 15.8. The fraction of sp³-hybridized carbons (Fsp3) is 0.188. The number of para-hydroxylation sites is 1. The van der Waals surface area contributed by atoms with E-state index < -0.39 is 0 Å². The largest absolute Gasteiger partial charge is 0.482 e. The normalized spacial score (nSPS) is 11.2. The number of nitriles is 1. The van der Waals surface area contributed by atoms with E-state index in [0.717, 1.165) is 5.56 Å². The summed E-state index contributed by atoms with van der Waals surface area (Å²) in [5, 5.41) is 11.8. The maximum atomic E-state index is 11.9. The highest BCUT2D eigenvalue weighted by atomic mass is 16.5. The van der Waals surface area contributed by atoms with Gasteiger partial charge in [0.15, 0.2) is 6.61 Å². The molecule has 0 spiro atoms. The molecule has 0 unspecified atom stereocenters. The van der Waals surface area contributed by atoms with Crippen LogP contribution in [0.2, 0.25) is 0 Å². The minimum atomic E-state index is -0.243. The highest BCUT2D eigenvalue weighted by Crippen LogP contribution is 2.16. The van der Waals surface area contributed by atoms with Gasteiger partial charge >= 0.3 is 0 Å². The van der Waals surface area contributed by atoms with Crippen LogP contribution in [-0.4, -0.2) is 17.5 Å². The van der Waals surface area contributed by atoms with Crippen LogP contribution < -0.4 is 10.1 Å². The molecule has 21 heavy (non-hydrogen) atoms. The van der Waals surface area contributed by atoms with Crippen LogP contribution in [0.3, 0.4) is 0 Å². The number of ether oxygens (including phenoxy) is 1. The number of pyridine rings is 1. The minimum Gasteiger partial charge on any atom is -0.482 e. The monoisotopic (exact) mass is 281 g/mol. The van der Waals surface area contributed by atoms with Gasteiger partial charge in [-0.05, 0) is 36.8 Å². The molecule has 1 aromatic carbocycles. The summed E-state index contributed by atoms with van der Waals surface area (Å²) in [6.45, 7) is 1.75. The number of carbonyl (C=O) groups excluding carboxylic acids is 1. The number of rotatable bonds is 5. The smallest absolute Gasteiger partial charge is 0.258 e. The lowest BCUT2D eigenvalue weighted by Crippen LogP contribution is -2.31. The third-order valence-corrected chi connectivity index (χ3v) is 2.95. The number of hydrogen-bond donors (Lipinski definition) is 1. The fourth-order valence-corrected chi connectivity index (χ4v) is 1.85. The number of amides is 1. The summed E-state index contributed by atoms with van der Waals surface area (Å²) in [5.74, 6) is 0.166. The Bertz CT molecular complexity index is 650. The first kappa shape index (κ1) is 14.5. The van der Waals surface area contributed by atoms with Gasteiger partial charge in [-0.15, -0.1) is 0 Å². The zero-order valence-corrected chi connectivity index (χ0v) is 11.6. The number of benzene rings is 1. The number of carbonyl (C=O) groups is 1. The van der Waals surface area contributed by atoms with Gasteiger partial charge < -0.3 is 10.1 Å². The number of aromatic nitrogens is 1. The molecule has 0 fully saturated rings. The van der Waals surface area contributed by atoms with Gasteiger partial charge in [0.2, 0.25) is 0 Å². The Labute approximate surface area is 123 Å². The average molecular weight is 281 g/mol. The van der Waals surface area contributed by atoms with Gasteiger partial charge in [-0.2, -0.15) is 5.26 Å². The highest BCUT2D eigenvalue weighted by Gasteiger charge is 2.10. The first-order valence-corrected chi connectivity index (χ1v) is 6.52. The van der Waals surface area contributed by atoms with Crippen LogP contribution in [0.5, 0.6) is 5.75 Å². The molecule has 1 N–H and O–H groups in total. The second kappa shape index (κ2) is 7.06. The lowest BCUT2D eigenvalue weighted by molar-refractivity contribution is -0.123. The molecule has 0 radical (unpaired) electrons. The zero-order chi connectivity index (χ0) is 15.1. The van der Waals surface area contributed by atoms with Crippen molar-refractivity contribution in [2.24, 2.45) is 0 Å². The lowest BCUT2D eigenvalue weighted by Gasteiger charge is -2.14. The van der Waals surface area contributed by atoms with E-state index in [1.165, 1.54) is 0 Å². The van der Waals surface area contributed by atoms with Gasteiger partial charge in [0.25, 0.3) is 5.91 Å². The van der Waals surface area contributed by atoms with Crippen LogP contribution in [0.15, 0.2) is 48.8 Å². The maximum Gasteiger partial charge on any atom is 0.258 e. The topological polar surface area (TPSA) is 75.0 Å². The third-order valence-electron chi connectivity index (χ3n) is 2.95. The van der Waals surface area contributed by atoms with Crippen LogP contribution in [0.1, 0.15) is 24.1 Å². The first-order valence-electron chi connectivity index (χ1n) is 6.52. The van der Waals surface area contributed by atoms with Crippen molar-refractivity contribution < 1.29 is 9.53 Å². The predicted octanol–water partition coefficient (Wildman–Crippen LogP) is 2.21. The molecule has 0 bridgehead atoms. The molecule has 0 saturated carbocycles. The van der Waals surface area contributed by atoms with Crippen molar-refractivity contribution in [2.45, 2.75) is 13.0 Å². The van der Waals surface area contributed by atoms with Crippen molar-refractivity contribution in [3.8, 4) is 11.8 Å². The Morgan fingerprint density at radius 1 is 1.33 bits per heavy atom. The molecule has 1 atom stereocenters. The Balaban J connectivity index is 1.89. The van der Waals surface area contributed by atoms with Crippen molar-refractivity contribution in [1.29, 1.82) is 5.26 Å². The minimum absolute atomic E-state index is 0.129. The first-order chi connectivity index (χ1) is 10.2. The average Bonchev–Trinajstić information content (AvgIpc) is 2.54. The van der Waals surface area contributed by atoms with Crippen molar-refractivity contribution in [2.75, 3.05) is 6.61 Å². The molecule has 0 saturated heterocycles. The Hall–Kier alpha value is -2.87. The molecule has 5 heteroatoms. The lowest BCUT2D eigenvalue weighted by atomic mass is 10.1. The van der Waals surface area contributed by atoms with E-state index in [-0.39, 0.29) is 18.6 Å². The van der Waals surface area contributed by atoms with E-state index in [9.17, 15) is 4.79 Å². The van der Waals surface area contributed by atoms with Crippen LogP contribution in [0, 0.1) is 11.3 Å². The van der Waals surface area contributed by atoms with Crippen molar-refractivity contribution in [3.05, 3.63) is 59.9 Å². The molecule has 2 rings (SSSR count). The third kappa shape index (κ3) is 4.05. The van der Waals surface area contributed by atoms with E-state index in [1.54, 1.807) is 36.7 Å². The molecule has 1 aromatic heterocycles. The van der Waals surface area contributed by atoms with Crippen LogP contribution in [0.25, 0.3) is 0 Å². The quantitative estimate of drug-likeness (QED) is 0.911. The molecule has 1 heterocycles. The summed E-state index contributed by atoms with van der Waals surface area (Å²) in [5.41, 5.74) is 1.38. The number of nitrogens with one attached hydrogen (secondary N) is 1. The van der Waals surface area contributed by atoms with Crippen molar-refractivity contribution in [1.82, 2.24) is 10.3 Å². The molecule has 0 aliphatic carbocycles. The van der Waals surface area contributed by atoms with Gasteiger partial charge in [0.05, 0.1) is 11.6 Å². The van der Waals surface area contributed by atoms with E-state index in [2.05, 4.69) is 10.3 Å². The maximum absolute atomic E-state index is 11.9. The van der Waals surface area contributed by atoms with Crippen LogP contribution in [-0.2, 0) is 4.79 Å². The SMILES string of the molecule is C[C@@H](NC(=O)COc1ccccc1C#N)c1ccncc1. The highest BCUT2D eigenvalue weighted by molar-refractivity contribution is 5.78. The summed E-state index contributed by atoms with van der Waals surface area (Å²) in [6, 6.07) is 12.4. The predicted molar refractivity (Wildman–Crippen MR) is 77.4 cm³/mol. The van der Waals surface area contributed by atoms with E-state index >= 15 is 0 Å². The van der Waals surface area contributed by atoms with Crippen molar-refractivity contribution >= 4 is 5.91 Å². The molecular formula is C16H15N3O2. The number of nitrogens with zero attached hydrogens (tertiary/aromatic N) is 2. The molecule has 2 aromatic rings. The van der Waals surface area contributed by atoms with E-state index in [0.29, 0.717) is 11.3 Å². The van der Waals surface area contributed by atoms with Crippen LogP contribution in [0.4, 0.5) is 0 Å². The Morgan fingerprint density at radius 3 is 2.76 bits per heavy atom. The summed E-state index contributed by atoms with van der Waals surface area (Å²) >= 11 is 0. The summed E-state index contributed by atoms with van der Waals surface area (Å²) in [6.07, 6.45) is 3.36. The van der Waals surface area contributed by atoms with E-state index in [4.69, 9.17) is 10.00 Å². The molecular weight excluding hydrogens is 266 g/mol. The second-order valence-corrected chi connectivity index (χ2v) is 4.47.